The summed E-state index contributed by atoms with van der Waals surface area (Å²) >= 11 is 0. The minimum Gasteiger partial charge on any atom is -0.387 e. The van der Waals surface area contributed by atoms with Gasteiger partial charge in [0.2, 0.25) is 15.9 Å². The Balaban J connectivity index is 1.78. The maximum atomic E-state index is 12.7. The fourth-order valence-electron chi connectivity index (χ4n) is 3.15. The maximum Gasteiger partial charge on any atom is 0.240 e. The third-order valence-electron chi connectivity index (χ3n) is 4.43. The largest absolute Gasteiger partial charge is 0.387 e. The Kier molecular flexibility index (Phi) is 5.79. The van der Waals surface area contributed by atoms with Crippen LogP contribution in [-0.4, -0.2) is 26.0 Å². The molecule has 0 saturated carbocycles. The molecule has 3 aromatic rings. The van der Waals surface area contributed by atoms with Gasteiger partial charge in [0.25, 0.3) is 0 Å². The van der Waals surface area contributed by atoms with Crippen LogP contribution in [0.5, 0.6) is 0 Å². The molecule has 0 heterocycles. The summed E-state index contributed by atoms with van der Waals surface area (Å²) in [5.74, 6) is -0.230. The highest BCUT2D eigenvalue weighted by molar-refractivity contribution is 7.89. The van der Waals surface area contributed by atoms with E-state index in [-0.39, 0.29) is 17.3 Å². The number of hydrogen-bond donors (Lipinski definition) is 3. The van der Waals surface area contributed by atoms with Crippen LogP contribution in [0.3, 0.4) is 0 Å². The average molecular weight is 398 g/mol. The van der Waals surface area contributed by atoms with Gasteiger partial charge < -0.3 is 10.4 Å². The SMILES string of the molecule is CC(=O)Nc1ccc(S(=O)(=O)NC[C@H](O)c2cccc3ccccc23)c(C)c1. The van der Waals surface area contributed by atoms with Crippen molar-refractivity contribution in [2.24, 2.45) is 0 Å². The van der Waals surface area contributed by atoms with Gasteiger partial charge in [-0.05, 0) is 47.0 Å². The fourth-order valence-corrected chi connectivity index (χ4v) is 4.41. The Morgan fingerprint density at radius 3 is 2.50 bits per heavy atom. The second-order valence-corrected chi connectivity index (χ2v) is 8.33. The molecule has 0 aromatic heterocycles. The zero-order valence-electron chi connectivity index (χ0n) is 15.6. The van der Waals surface area contributed by atoms with Gasteiger partial charge in [-0.25, -0.2) is 13.1 Å². The summed E-state index contributed by atoms with van der Waals surface area (Å²) in [6, 6.07) is 17.7. The Morgan fingerprint density at radius 1 is 1.07 bits per heavy atom. The maximum absolute atomic E-state index is 12.7. The number of nitrogens with one attached hydrogen (secondary N) is 2. The van der Waals surface area contributed by atoms with Crippen LogP contribution in [0.25, 0.3) is 10.8 Å². The third kappa shape index (κ3) is 4.39. The van der Waals surface area contributed by atoms with Crippen molar-refractivity contribution in [3.8, 4) is 0 Å². The number of aliphatic hydroxyl groups is 1. The molecule has 28 heavy (non-hydrogen) atoms. The molecule has 3 aromatic carbocycles. The van der Waals surface area contributed by atoms with Gasteiger partial charge in [0.1, 0.15) is 0 Å². The van der Waals surface area contributed by atoms with E-state index in [1.807, 2.05) is 36.4 Å². The monoisotopic (exact) mass is 398 g/mol. The number of aryl methyl sites for hydroxylation is 1. The van der Waals surface area contributed by atoms with Gasteiger partial charge in [-0.2, -0.15) is 0 Å². The van der Waals surface area contributed by atoms with Crippen molar-refractivity contribution >= 4 is 32.4 Å². The Labute approximate surface area is 164 Å². The summed E-state index contributed by atoms with van der Waals surface area (Å²) in [6.45, 7) is 2.89. The van der Waals surface area contributed by atoms with E-state index in [1.54, 1.807) is 19.1 Å². The summed E-state index contributed by atoms with van der Waals surface area (Å²) in [5, 5.41) is 15.0. The highest BCUT2D eigenvalue weighted by atomic mass is 32.2. The molecule has 3 N–H and O–H groups in total. The first-order valence-electron chi connectivity index (χ1n) is 8.81. The second kappa shape index (κ2) is 8.10. The summed E-state index contributed by atoms with van der Waals surface area (Å²) in [7, 11) is -3.82. The first kappa shape index (κ1) is 20.0. The van der Waals surface area contributed by atoms with Gasteiger partial charge in [0, 0.05) is 19.2 Å². The van der Waals surface area contributed by atoms with E-state index in [0.29, 0.717) is 16.8 Å². The van der Waals surface area contributed by atoms with Crippen LogP contribution >= 0.6 is 0 Å². The van der Waals surface area contributed by atoms with E-state index in [2.05, 4.69) is 10.0 Å². The van der Waals surface area contributed by atoms with Crippen LogP contribution in [0.2, 0.25) is 0 Å². The molecule has 0 spiro atoms. The predicted molar refractivity (Wildman–Crippen MR) is 110 cm³/mol. The van der Waals surface area contributed by atoms with Gasteiger partial charge in [-0.3, -0.25) is 4.79 Å². The fraction of sp³-hybridized carbons (Fsp3) is 0.190. The van der Waals surface area contributed by atoms with Crippen molar-refractivity contribution in [1.82, 2.24) is 4.72 Å². The van der Waals surface area contributed by atoms with Crippen LogP contribution in [0.1, 0.15) is 24.2 Å². The van der Waals surface area contributed by atoms with Crippen molar-refractivity contribution in [2.45, 2.75) is 24.8 Å². The molecule has 0 aliphatic rings. The van der Waals surface area contributed by atoms with E-state index < -0.39 is 16.1 Å². The molecule has 1 amide bonds. The zero-order chi connectivity index (χ0) is 20.3. The highest BCUT2D eigenvalue weighted by Crippen LogP contribution is 2.25. The first-order valence-corrected chi connectivity index (χ1v) is 10.3. The number of rotatable bonds is 6. The second-order valence-electron chi connectivity index (χ2n) is 6.60. The van der Waals surface area contributed by atoms with Crippen molar-refractivity contribution < 1.29 is 18.3 Å². The van der Waals surface area contributed by atoms with Crippen molar-refractivity contribution in [2.75, 3.05) is 11.9 Å². The Bertz CT molecular complexity index is 1120. The normalized spacial score (nSPS) is 12.7. The topological polar surface area (TPSA) is 95.5 Å². The number of fused-ring (bicyclic) bond motifs is 1. The molecule has 6 nitrogen and oxygen atoms in total. The predicted octanol–water partition coefficient (Wildman–Crippen LogP) is 3.12. The summed E-state index contributed by atoms with van der Waals surface area (Å²) in [6.07, 6.45) is -0.986. The van der Waals surface area contributed by atoms with E-state index in [0.717, 1.165) is 10.8 Å². The van der Waals surface area contributed by atoms with Gasteiger partial charge in [0.05, 0.1) is 11.0 Å². The van der Waals surface area contributed by atoms with Gasteiger partial charge in [-0.15, -0.1) is 0 Å². The molecule has 3 rings (SSSR count). The number of hydrogen-bond acceptors (Lipinski definition) is 4. The summed E-state index contributed by atoms with van der Waals surface area (Å²) < 4.78 is 27.8. The van der Waals surface area contributed by atoms with Crippen molar-refractivity contribution in [3.63, 3.8) is 0 Å². The number of aliphatic hydroxyl groups excluding tert-OH is 1. The van der Waals surface area contributed by atoms with Crippen LogP contribution in [0.4, 0.5) is 5.69 Å². The highest BCUT2D eigenvalue weighted by Gasteiger charge is 2.20. The quantitative estimate of drug-likeness (QED) is 0.594. The summed E-state index contributed by atoms with van der Waals surface area (Å²) in [5.41, 5.74) is 1.69. The van der Waals surface area contributed by atoms with Crippen LogP contribution < -0.4 is 10.0 Å². The van der Waals surface area contributed by atoms with Crippen molar-refractivity contribution in [3.05, 3.63) is 71.8 Å². The number of carbonyl (C=O) groups excluding carboxylic acids is 1. The summed E-state index contributed by atoms with van der Waals surface area (Å²) in [4.78, 5) is 11.2. The molecule has 0 unspecified atom stereocenters. The lowest BCUT2D eigenvalue weighted by Crippen LogP contribution is -2.29. The standard InChI is InChI=1S/C21H22N2O4S/c1-14-12-17(23-15(2)24)10-11-21(14)28(26,27)22-13-20(25)19-9-5-7-16-6-3-4-8-18(16)19/h3-12,20,22,25H,13H2,1-2H3,(H,23,24)/t20-/m0/s1. The van der Waals surface area contributed by atoms with Crippen LogP contribution in [0.15, 0.2) is 65.6 Å². The lowest BCUT2D eigenvalue weighted by molar-refractivity contribution is -0.114. The van der Waals surface area contributed by atoms with Gasteiger partial charge in [-0.1, -0.05) is 42.5 Å². The minimum absolute atomic E-state index is 0.103. The lowest BCUT2D eigenvalue weighted by atomic mass is 10.0. The number of anilines is 1. The van der Waals surface area contributed by atoms with E-state index in [1.165, 1.54) is 19.1 Å². The third-order valence-corrected chi connectivity index (χ3v) is 6.02. The number of benzene rings is 3. The molecule has 0 radical (unpaired) electrons. The number of carbonyl (C=O) groups is 1. The Morgan fingerprint density at radius 2 is 1.79 bits per heavy atom. The number of amides is 1. The van der Waals surface area contributed by atoms with Crippen LogP contribution in [0, 0.1) is 6.92 Å². The van der Waals surface area contributed by atoms with E-state index >= 15 is 0 Å². The lowest BCUT2D eigenvalue weighted by Gasteiger charge is -2.16. The molecular weight excluding hydrogens is 376 g/mol. The number of sulfonamides is 1. The smallest absolute Gasteiger partial charge is 0.240 e. The molecule has 0 saturated heterocycles. The first-order chi connectivity index (χ1) is 13.3. The van der Waals surface area contributed by atoms with Gasteiger partial charge in [0.15, 0.2) is 0 Å². The van der Waals surface area contributed by atoms with Crippen molar-refractivity contribution in [1.29, 1.82) is 0 Å². The molecule has 0 bridgehead atoms. The zero-order valence-corrected chi connectivity index (χ0v) is 16.5. The molecule has 1 atom stereocenters. The van der Waals surface area contributed by atoms with Crippen LogP contribution in [-0.2, 0) is 14.8 Å². The molecule has 0 fully saturated rings. The molecule has 146 valence electrons. The molecule has 7 heteroatoms. The van der Waals surface area contributed by atoms with Gasteiger partial charge >= 0.3 is 0 Å². The van der Waals surface area contributed by atoms with E-state index in [4.69, 9.17) is 0 Å². The molecular formula is C21H22N2O4S. The minimum atomic E-state index is -3.82. The average Bonchev–Trinajstić information content (AvgIpc) is 2.65. The molecule has 0 aliphatic carbocycles. The Hall–Kier alpha value is -2.74. The van der Waals surface area contributed by atoms with E-state index in [9.17, 15) is 18.3 Å². The molecule has 0 aliphatic heterocycles.